The van der Waals surface area contributed by atoms with Gasteiger partial charge in [0.1, 0.15) is 5.82 Å². The molecular weight excluding hydrogens is 210 g/mol. The normalized spacial score (nSPS) is 19.1. The first-order valence-corrected chi connectivity index (χ1v) is 6.11. The first-order valence-electron chi connectivity index (χ1n) is 6.11. The number of rotatable bonds is 1. The van der Waals surface area contributed by atoms with Gasteiger partial charge in [-0.1, -0.05) is 30.3 Å². The van der Waals surface area contributed by atoms with Gasteiger partial charge in [0.2, 0.25) is 0 Å². The van der Waals surface area contributed by atoms with Crippen molar-refractivity contribution >= 4 is 0 Å². The van der Waals surface area contributed by atoms with Gasteiger partial charge < -0.3 is 10.3 Å². The minimum Gasteiger partial charge on any atom is -0.331 e. The maximum absolute atomic E-state index is 6.03. The van der Waals surface area contributed by atoms with E-state index in [-0.39, 0.29) is 0 Å². The van der Waals surface area contributed by atoms with Gasteiger partial charge in [-0.25, -0.2) is 4.98 Å². The molecule has 0 spiro atoms. The fourth-order valence-corrected chi connectivity index (χ4v) is 2.56. The Morgan fingerprint density at radius 2 is 2.06 bits per heavy atom. The van der Waals surface area contributed by atoms with Gasteiger partial charge in [-0.3, -0.25) is 0 Å². The van der Waals surface area contributed by atoms with E-state index >= 15 is 0 Å². The fourth-order valence-electron chi connectivity index (χ4n) is 2.56. The Kier molecular flexibility index (Phi) is 2.48. The van der Waals surface area contributed by atoms with E-state index in [1.54, 1.807) is 0 Å². The van der Waals surface area contributed by atoms with Crippen LogP contribution in [0.5, 0.6) is 0 Å². The largest absolute Gasteiger partial charge is 0.331 e. The molecule has 1 aliphatic carbocycles. The van der Waals surface area contributed by atoms with Gasteiger partial charge in [-0.15, -0.1) is 0 Å². The molecule has 0 aliphatic heterocycles. The second kappa shape index (κ2) is 4.00. The third-order valence-corrected chi connectivity index (χ3v) is 3.54. The molecule has 17 heavy (non-hydrogen) atoms. The van der Waals surface area contributed by atoms with E-state index in [9.17, 15) is 0 Å². The Morgan fingerprint density at radius 3 is 2.82 bits per heavy atom. The lowest BCUT2D eigenvalue weighted by Crippen LogP contribution is -2.28. The summed E-state index contributed by atoms with van der Waals surface area (Å²) in [4.78, 5) is 4.76. The molecule has 0 saturated heterocycles. The molecule has 0 radical (unpaired) electrons. The van der Waals surface area contributed by atoms with E-state index in [0.717, 1.165) is 25.1 Å². The van der Waals surface area contributed by atoms with Crippen LogP contribution < -0.4 is 5.73 Å². The molecule has 1 heterocycles. The molecule has 1 unspecified atom stereocenters. The Balaban J connectivity index is 2.08. The maximum atomic E-state index is 6.03. The maximum Gasteiger partial charge on any atom is 0.140 e. The molecule has 3 heteroatoms. The standard InChI is InChI=1S/C14H17N3/c1-17-13-9-11(15)7-8-12(13)16-14(17)10-5-3-2-4-6-10/h2-6,11H,7-9,15H2,1H3. The molecular formula is C14H17N3. The van der Waals surface area contributed by atoms with Gasteiger partial charge in [0, 0.05) is 30.8 Å². The van der Waals surface area contributed by atoms with Crippen LogP contribution in [0.3, 0.4) is 0 Å². The molecule has 0 bridgehead atoms. The average molecular weight is 227 g/mol. The molecule has 1 aromatic carbocycles. The van der Waals surface area contributed by atoms with E-state index in [4.69, 9.17) is 10.7 Å². The third kappa shape index (κ3) is 1.76. The molecule has 1 aliphatic rings. The first kappa shape index (κ1) is 10.5. The van der Waals surface area contributed by atoms with E-state index < -0.39 is 0 Å². The summed E-state index contributed by atoms with van der Waals surface area (Å²) in [5.74, 6) is 1.06. The van der Waals surface area contributed by atoms with Crippen molar-refractivity contribution in [2.24, 2.45) is 12.8 Å². The highest BCUT2D eigenvalue weighted by atomic mass is 15.1. The van der Waals surface area contributed by atoms with Crippen LogP contribution in [0.4, 0.5) is 0 Å². The number of fused-ring (bicyclic) bond motifs is 1. The summed E-state index contributed by atoms with van der Waals surface area (Å²) in [6.07, 6.45) is 3.01. The number of benzene rings is 1. The summed E-state index contributed by atoms with van der Waals surface area (Å²) in [5.41, 5.74) is 9.74. The van der Waals surface area contributed by atoms with Gasteiger partial charge in [0.05, 0.1) is 5.69 Å². The van der Waals surface area contributed by atoms with Crippen molar-refractivity contribution in [2.45, 2.75) is 25.3 Å². The van der Waals surface area contributed by atoms with E-state index in [0.29, 0.717) is 6.04 Å². The quantitative estimate of drug-likeness (QED) is 0.808. The van der Waals surface area contributed by atoms with E-state index in [1.807, 2.05) is 6.07 Å². The lowest BCUT2D eigenvalue weighted by atomic mass is 9.97. The van der Waals surface area contributed by atoms with Gasteiger partial charge in [-0.05, 0) is 12.8 Å². The van der Waals surface area contributed by atoms with Crippen molar-refractivity contribution in [3.05, 3.63) is 41.7 Å². The minimum absolute atomic E-state index is 0.293. The van der Waals surface area contributed by atoms with Crippen molar-refractivity contribution < 1.29 is 0 Å². The summed E-state index contributed by atoms with van der Waals surface area (Å²) in [6, 6.07) is 10.6. The van der Waals surface area contributed by atoms with Crippen LogP contribution in [0.1, 0.15) is 17.8 Å². The van der Waals surface area contributed by atoms with E-state index in [2.05, 4.69) is 35.9 Å². The topological polar surface area (TPSA) is 43.8 Å². The second-order valence-electron chi connectivity index (χ2n) is 4.76. The van der Waals surface area contributed by atoms with Gasteiger partial charge in [0.25, 0.3) is 0 Å². The fraction of sp³-hybridized carbons (Fsp3) is 0.357. The molecule has 2 aromatic rings. The number of aryl methyl sites for hydroxylation is 1. The Hall–Kier alpha value is -1.61. The predicted molar refractivity (Wildman–Crippen MR) is 68.6 cm³/mol. The molecule has 88 valence electrons. The second-order valence-corrected chi connectivity index (χ2v) is 4.76. The number of hydrogen-bond donors (Lipinski definition) is 1. The van der Waals surface area contributed by atoms with Gasteiger partial charge >= 0.3 is 0 Å². The Morgan fingerprint density at radius 1 is 1.29 bits per heavy atom. The summed E-state index contributed by atoms with van der Waals surface area (Å²) in [6.45, 7) is 0. The van der Waals surface area contributed by atoms with Crippen LogP contribution >= 0.6 is 0 Å². The van der Waals surface area contributed by atoms with Crippen molar-refractivity contribution in [3.63, 3.8) is 0 Å². The highest BCUT2D eigenvalue weighted by molar-refractivity contribution is 5.57. The molecule has 0 saturated carbocycles. The van der Waals surface area contributed by atoms with Crippen LogP contribution in [0.2, 0.25) is 0 Å². The van der Waals surface area contributed by atoms with Crippen molar-refractivity contribution in [1.29, 1.82) is 0 Å². The van der Waals surface area contributed by atoms with Crippen LogP contribution in [-0.4, -0.2) is 15.6 Å². The molecule has 1 aromatic heterocycles. The molecule has 0 fully saturated rings. The Bertz CT molecular complexity index is 528. The number of hydrogen-bond acceptors (Lipinski definition) is 2. The molecule has 2 N–H and O–H groups in total. The van der Waals surface area contributed by atoms with Crippen molar-refractivity contribution in [3.8, 4) is 11.4 Å². The van der Waals surface area contributed by atoms with E-state index in [1.165, 1.54) is 17.0 Å². The smallest absolute Gasteiger partial charge is 0.140 e. The third-order valence-electron chi connectivity index (χ3n) is 3.54. The number of imidazole rings is 1. The average Bonchev–Trinajstić information content (AvgIpc) is 2.68. The van der Waals surface area contributed by atoms with Crippen LogP contribution in [0, 0.1) is 0 Å². The summed E-state index contributed by atoms with van der Waals surface area (Å²) >= 11 is 0. The summed E-state index contributed by atoms with van der Waals surface area (Å²) in [7, 11) is 2.09. The minimum atomic E-state index is 0.293. The van der Waals surface area contributed by atoms with Crippen molar-refractivity contribution in [2.75, 3.05) is 0 Å². The van der Waals surface area contributed by atoms with Crippen LogP contribution in [-0.2, 0) is 19.9 Å². The lowest BCUT2D eigenvalue weighted by Gasteiger charge is -2.18. The molecule has 0 amide bonds. The van der Waals surface area contributed by atoms with Gasteiger partial charge in [0.15, 0.2) is 0 Å². The lowest BCUT2D eigenvalue weighted by molar-refractivity contribution is 0.552. The highest BCUT2D eigenvalue weighted by Gasteiger charge is 2.22. The zero-order valence-electron chi connectivity index (χ0n) is 10.1. The molecule has 3 nitrogen and oxygen atoms in total. The summed E-state index contributed by atoms with van der Waals surface area (Å²) in [5, 5.41) is 0. The SMILES string of the molecule is Cn1c(-c2ccccc2)nc2c1CC(N)CC2. The highest BCUT2D eigenvalue weighted by Crippen LogP contribution is 2.26. The van der Waals surface area contributed by atoms with Gasteiger partial charge in [-0.2, -0.15) is 0 Å². The number of nitrogens with zero attached hydrogens (tertiary/aromatic N) is 2. The monoisotopic (exact) mass is 227 g/mol. The van der Waals surface area contributed by atoms with Crippen LogP contribution in [0.25, 0.3) is 11.4 Å². The molecule has 3 rings (SSSR count). The zero-order valence-corrected chi connectivity index (χ0v) is 10.1. The van der Waals surface area contributed by atoms with Crippen molar-refractivity contribution in [1.82, 2.24) is 9.55 Å². The number of nitrogens with two attached hydrogens (primary N) is 1. The predicted octanol–water partition coefficient (Wildman–Crippen LogP) is 1.90. The Labute approximate surface area is 101 Å². The van der Waals surface area contributed by atoms with Crippen LogP contribution in [0.15, 0.2) is 30.3 Å². The number of aromatic nitrogens is 2. The zero-order chi connectivity index (χ0) is 11.8. The summed E-state index contributed by atoms with van der Waals surface area (Å²) < 4.78 is 2.20. The first-order chi connectivity index (χ1) is 8.25. The molecule has 1 atom stereocenters.